The second-order valence-corrected chi connectivity index (χ2v) is 10.6. The van der Waals surface area contributed by atoms with Gasteiger partial charge < -0.3 is 10.1 Å². The van der Waals surface area contributed by atoms with Crippen molar-refractivity contribution < 1.29 is 22.9 Å². The third-order valence-corrected chi connectivity index (χ3v) is 8.16. The van der Waals surface area contributed by atoms with Crippen LogP contribution >= 0.6 is 11.6 Å². The summed E-state index contributed by atoms with van der Waals surface area (Å²) in [6.45, 7) is 1.57. The summed E-state index contributed by atoms with van der Waals surface area (Å²) >= 11 is 5.95. The van der Waals surface area contributed by atoms with Crippen LogP contribution in [0.1, 0.15) is 30.5 Å². The van der Waals surface area contributed by atoms with E-state index < -0.39 is 33.1 Å². The minimum Gasteiger partial charge on any atom is -0.447 e. The zero-order chi connectivity index (χ0) is 25.9. The van der Waals surface area contributed by atoms with Crippen molar-refractivity contribution in [2.24, 2.45) is 0 Å². The molecule has 4 rings (SSSR count). The highest BCUT2D eigenvalue weighted by Gasteiger charge is 2.36. The van der Waals surface area contributed by atoms with E-state index in [0.717, 1.165) is 5.56 Å². The predicted molar refractivity (Wildman–Crippen MR) is 136 cm³/mol. The average molecular weight is 530 g/mol. The summed E-state index contributed by atoms with van der Waals surface area (Å²) in [6, 6.07) is 17.9. The van der Waals surface area contributed by atoms with Crippen LogP contribution in [0.5, 0.6) is 0 Å². The first-order valence-electron chi connectivity index (χ1n) is 11.2. The topological polar surface area (TPSA) is 119 Å². The van der Waals surface area contributed by atoms with Crippen LogP contribution in [0.3, 0.4) is 0 Å². The number of non-ortho nitro benzene ring substituents is 1. The Balaban J connectivity index is 1.49. The van der Waals surface area contributed by atoms with E-state index in [1.807, 2.05) is 12.1 Å². The van der Waals surface area contributed by atoms with Crippen molar-refractivity contribution in [2.45, 2.75) is 36.7 Å². The van der Waals surface area contributed by atoms with Gasteiger partial charge in [0.05, 0.1) is 27.6 Å². The van der Waals surface area contributed by atoms with E-state index in [4.69, 9.17) is 16.3 Å². The molecule has 0 aliphatic carbocycles. The molecule has 1 unspecified atom stereocenters. The normalized spacial score (nSPS) is 16.1. The number of benzene rings is 3. The summed E-state index contributed by atoms with van der Waals surface area (Å²) in [7, 11) is -3.96. The molecular weight excluding hydrogens is 506 g/mol. The lowest BCUT2D eigenvalue weighted by molar-refractivity contribution is -0.384. The van der Waals surface area contributed by atoms with Gasteiger partial charge >= 0.3 is 6.09 Å². The maximum atomic E-state index is 13.6. The van der Waals surface area contributed by atoms with E-state index in [2.05, 4.69) is 5.32 Å². The van der Waals surface area contributed by atoms with Crippen LogP contribution in [0, 0.1) is 10.1 Å². The molecule has 36 heavy (non-hydrogen) atoms. The number of nitrogens with zero attached hydrogens (tertiary/aromatic N) is 2. The van der Waals surface area contributed by atoms with Gasteiger partial charge in [0.25, 0.3) is 15.7 Å². The number of hydrogen-bond donors (Lipinski definition) is 1. The Morgan fingerprint density at radius 1 is 1.14 bits per heavy atom. The summed E-state index contributed by atoms with van der Waals surface area (Å²) in [6.07, 6.45) is 0.385. The van der Waals surface area contributed by atoms with E-state index in [0.29, 0.717) is 29.1 Å². The van der Waals surface area contributed by atoms with Crippen LogP contribution in [0.25, 0.3) is 0 Å². The summed E-state index contributed by atoms with van der Waals surface area (Å²) in [4.78, 5) is 23.0. The fraction of sp³-hybridized carbons (Fsp3) is 0.240. The van der Waals surface area contributed by atoms with Gasteiger partial charge in [-0.15, -0.1) is 0 Å². The van der Waals surface area contributed by atoms with E-state index in [9.17, 15) is 23.3 Å². The molecule has 1 aliphatic rings. The molecule has 9 nitrogen and oxygen atoms in total. The quantitative estimate of drug-likeness (QED) is 0.330. The fourth-order valence-electron chi connectivity index (χ4n) is 4.13. The number of anilines is 1. The smallest absolute Gasteiger partial charge is 0.407 e. The van der Waals surface area contributed by atoms with Gasteiger partial charge in [-0.2, -0.15) is 0 Å². The standard InChI is InChI=1S/C25H24ClN3O6S/c1-17(18-6-11-21(12-7-18)29(31)32)27-25(30)35-16-22-13-8-19-4-2-3-5-24(19)28(22)36(33,34)23-14-9-20(26)10-15-23/h2-7,9-12,14-15,17,22H,8,13,16H2,1H3,(H,27,30)/t17-,22?/m1/s1. The number of amides is 1. The second-order valence-electron chi connectivity index (χ2n) is 8.39. The SMILES string of the molecule is C[C@@H](NC(=O)OCC1CCc2ccccc2N1S(=O)(=O)c1ccc(Cl)cc1)c1ccc([N+](=O)[O-])cc1. The molecule has 3 aromatic rings. The second kappa shape index (κ2) is 10.5. The number of ether oxygens (including phenoxy) is 1. The van der Waals surface area contributed by atoms with Crippen molar-refractivity contribution >= 4 is 39.1 Å². The Kier molecular flexibility index (Phi) is 7.46. The van der Waals surface area contributed by atoms with E-state index in [-0.39, 0.29) is 17.2 Å². The van der Waals surface area contributed by atoms with Gasteiger partial charge in [-0.25, -0.2) is 13.2 Å². The van der Waals surface area contributed by atoms with E-state index in [1.165, 1.54) is 40.7 Å². The van der Waals surface area contributed by atoms with Gasteiger partial charge in [0.15, 0.2) is 0 Å². The van der Waals surface area contributed by atoms with Crippen molar-refractivity contribution in [1.29, 1.82) is 0 Å². The van der Waals surface area contributed by atoms with Crippen LogP contribution in [0.2, 0.25) is 5.02 Å². The van der Waals surface area contributed by atoms with Gasteiger partial charge in [-0.05, 0) is 61.2 Å². The fourth-order valence-corrected chi connectivity index (χ4v) is 5.96. The summed E-state index contributed by atoms with van der Waals surface area (Å²) in [5, 5.41) is 13.9. The molecule has 1 aliphatic heterocycles. The molecular formula is C25H24ClN3O6S. The number of para-hydroxylation sites is 1. The highest BCUT2D eigenvalue weighted by Crippen LogP contribution is 2.35. The molecule has 0 spiro atoms. The molecule has 0 bridgehead atoms. The zero-order valence-electron chi connectivity index (χ0n) is 19.3. The number of nitrogens with one attached hydrogen (secondary N) is 1. The van der Waals surface area contributed by atoms with Crippen LogP contribution < -0.4 is 9.62 Å². The molecule has 2 atom stereocenters. The number of nitro groups is 1. The molecule has 1 N–H and O–H groups in total. The third-order valence-electron chi connectivity index (χ3n) is 6.02. The van der Waals surface area contributed by atoms with Gasteiger partial charge in [-0.3, -0.25) is 14.4 Å². The minimum atomic E-state index is -3.96. The summed E-state index contributed by atoms with van der Waals surface area (Å²) in [5.74, 6) is 0. The first-order chi connectivity index (χ1) is 17.2. The van der Waals surface area contributed by atoms with E-state index >= 15 is 0 Å². The Morgan fingerprint density at radius 2 is 1.81 bits per heavy atom. The predicted octanol–water partition coefficient (Wildman–Crippen LogP) is 5.25. The number of carbonyl (C=O) groups excluding carboxylic acids is 1. The van der Waals surface area contributed by atoms with Crippen LogP contribution in [0.15, 0.2) is 77.7 Å². The van der Waals surface area contributed by atoms with Crippen molar-refractivity contribution in [2.75, 3.05) is 10.9 Å². The Labute approximate surface area is 213 Å². The monoisotopic (exact) mass is 529 g/mol. The lowest BCUT2D eigenvalue weighted by Gasteiger charge is -2.37. The third kappa shape index (κ3) is 5.44. The molecule has 1 amide bonds. The lowest BCUT2D eigenvalue weighted by atomic mass is 9.98. The number of fused-ring (bicyclic) bond motifs is 1. The first kappa shape index (κ1) is 25.5. The van der Waals surface area contributed by atoms with Gasteiger partial charge in [-0.1, -0.05) is 41.9 Å². The van der Waals surface area contributed by atoms with Crippen LogP contribution in [-0.4, -0.2) is 32.1 Å². The number of nitro benzene ring substituents is 1. The maximum absolute atomic E-state index is 13.6. The van der Waals surface area contributed by atoms with E-state index in [1.54, 1.807) is 31.2 Å². The number of hydrogen-bond acceptors (Lipinski definition) is 6. The molecule has 11 heteroatoms. The number of aryl methyl sites for hydroxylation is 1. The van der Waals surface area contributed by atoms with Gasteiger partial charge in [0.2, 0.25) is 0 Å². The zero-order valence-corrected chi connectivity index (χ0v) is 20.9. The Bertz CT molecular complexity index is 1360. The molecule has 0 aromatic heterocycles. The van der Waals surface area contributed by atoms with Gasteiger partial charge in [0, 0.05) is 17.2 Å². The average Bonchev–Trinajstić information content (AvgIpc) is 2.87. The van der Waals surface area contributed by atoms with Crippen LogP contribution in [-0.2, 0) is 21.2 Å². The van der Waals surface area contributed by atoms with Crippen molar-refractivity contribution in [3.63, 3.8) is 0 Å². The minimum absolute atomic E-state index is 0.0481. The van der Waals surface area contributed by atoms with Crippen molar-refractivity contribution in [3.05, 3.63) is 99.1 Å². The first-order valence-corrected chi connectivity index (χ1v) is 13.0. The Morgan fingerprint density at radius 3 is 2.47 bits per heavy atom. The van der Waals surface area contributed by atoms with Crippen molar-refractivity contribution in [3.8, 4) is 0 Å². The molecule has 1 heterocycles. The molecule has 0 saturated carbocycles. The highest BCUT2D eigenvalue weighted by molar-refractivity contribution is 7.92. The molecule has 0 radical (unpaired) electrons. The lowest BCUT2D eigenvalue weighted by Crippen LogP contribution is -2.47. The molecule has 0 saturated heterocycles. The highest BCUT2D eigenvalue weighted by atomic mass is 35.5. The number of rotatable bonds is 7. The molecule has 0 fully saturated rings. The number of alkyl carbamates (subject to hydrolysis) is 1. The van der Waals surface area contributed by atoms with Crippen molar-refractivity contribution in [1.82, 2.24) is 5.32 Å². The van der Waals surface area contributed by atoms with Gasteiger partial charge in [0.1, 0.15) is 6.61 Å². The summed E-state index contributed by atoms with van der Waals surface area (Å²) < 4.78 is 34.0. The number of carbonyl (C=O) groups is 1. The number of halogens is 1. The Hall–Kier alpha value is -3.63. The molecule has 3 aromatic carbocycles. The largest absolute Gasteiger partial charge is 0.447 e. The maximum Gasteiger partial charge on any atom is 0.407 e. The van der Waals surface area contributed by atoms with Crippen LogP contribution in [0.4, 0.5) is 16.2 Å². The molecule has 188 valence electrons. The summed E-state index contributed by atoms with van der Waals surface area (Å²) in [5.41, 5.74) is 2.05. The number of sulfonamides is 1.